The molecule has 0 spiro atoms. The molecule has 12 heteroatoms. The minimum absolute atomic E-state index is 0. The summed E-state index contributed by atoms with van der Waals surface area (Å²) in [4.78, 5) is 4.18. The van der Waals surface area contributed by atoms with E-state index in [0.29, 0.717) is 0 Å². The molecule has 0 aromatic carbocycles. The van der Waals surface area contributed by atoms with Gasteiger partial charge in [0.15, 0.2) is 0 Å². The molecule has 0 aliphatic heterocycles. The van der Waals surface area contributed by atoms with Crippen LogP contribution in [0.15, 0.2) is 0 Å². The van der Waals surface area contributed by atoms with Gasteiger partial charge in [-0.2, -0.15) is 0 Å². The van der Waals surface area contributed by atoms with Gasteiger partial charge in [-0.15, -0.1) is 0 Å². The van der Waals surface area contributed by atoms with Crippen LogP contribution in [0, 0.1) is 0 Å². The van der Waals surface area contributed by atoms with Crippen molar-refractivity contribution >= 4 is 20.2 Å². The summed E-state index contributed by atoms with van der Waals surface area (Å²) in [5.41, 5.74) is 0. The summed E-state index contributed by atoms with van der Waals surface area (Å²) < 4.78 is 67.3. The minimum Gasteiger partial charge on any atom is -0.748 e. The molecule has 0 saturated carbocycles. The Morgan fingerprint density at radius 2 is 0.568 bits per heavy atom. The van der Waals surface area contributed by atoms with Gasteiger partial charge in [-0.05, 0) is 51.9 Å². The summed E-state index contributed by atoms with van der Waals surface area (Å²) in [5.74, 6) is -0.728. The van der Waals surface area contributed by atoms with Gasteiger partial charge in [0.1, 0.15) is 0 Å². The fraction of sp³-hybridized carbons (Fsp3) is 1.00. The van der Waals surface area contributed by atoms with Gasteiger partial charge >= 0.3 is 59.1 Å². The zero-order valence-corrected chi connectivity index (χ0v) is 35.0. The number of hydrogen-bond acceptors (Lipinski definition) is 8. The van der Waals surface area contributed by atoms with Gasteiger partial charge in [0.25, 0.3) is 0 Å². The molecule has 0 radical (unpaired) electrons. The van der Waals surface area contributed by atoms with Crippen LogP contribution in [-0.2, 0) is 20.2 Å². The van der Waals surface area contributed by atoms with Crippen molar-refractivity contribution in [2.45, 2.75) is 155 Å². The smallest absolute Gasteiger partial charge is 0.748 e. The molecule has 0 aromatic rings. The average Bonchev–Trinajstić information content (AvgIpc) is 2.92. The number of nitrogens with zero attached hydrogens (tertiary/aromatic N) is 2. The third-order valence-corrected chi connectivity index (χ3v) is 9.53. The Hall–Kier alpha value is 1.74. The van der Waals surface area contributed by atoms with Crippen LogP contribution in [0.5, 0.6) is 0 Å². The van der Waals surface area contributed by atoms with Crippen LogP contribution in [-0.4, -0.2) is 86.5 Å². The Morgan fingerprint density at radius 1 is 0.364 bits per heavy atom. The summed E-state index contributed by atoms with van der Waals surface area (Å²) in [5, 5.41) is 0. The van der Waals surface area contributed by atoms with Crippen LogP contribution in [0.1, 0.15) is 155 Å². The molecule has 254 valence electrons. The average molecular weight is 685 g/mol. The van der Waals surface area contributed by atoms with E-state index in [-0.39, 0.29) is 83.7 Å². The van der Waals surface area contributed by atoms with E-state index in [0.717, 1.165) is 64.7 Å². The minimum atomic E-state index is -4.25. The van der Waals surface area contributed by atoms with Gasteiger partial charge in [0, 0.05) is 13.1 Å². The molecule has 0 rings (SSSR count). The Balaban J connectivity index is -0.00000840. The molecule has 0 saturated heterocycles. The Bertz CT molecular complexity index is 739. The van der Waals surface area contributed by atoms with Crippen molar-refractivity contribution in [2.24, 2.45) is 0 Å². The second-order valence-corrected chi connectivity index (χ2v) is 15.3. The van der Waals surface area contributed by atoms with E-state index in [1.807, 2.05) is 0 Å². The van der Waals surface area contributed by atoms with Crippen LogP contribution >= 0.6 is 0 Å². The molecule has 0 aliphatic carbocycles. The third-order valence-electron chi connectivity index (χ3n) is 8.17. The fourth-order valence-electron chi connectivity index (χ4n) is 5.47. The maximum Gasteiger partial charge on any atom is 1.00 e. The molecule has 8 nitrogen and oxygen atoms in total. The maximum absolute atomic E-state index is 11.2. The van der Waals surface area contributed by atoms with Crippen molar-refractivity contribution in [3.63, 3.8) is 0 Å². The fourth-order valence-corrected chi connectivity index (χ4v) is 6.43. The van der Waals surface area contributed by atoms with E-state index in [1.54, 1.807) is 0 Å². The summed E-state index contributed by atoms with van der Waals surface area (Å²) in [6.07, 6.45) is 26.5. The van der Waals surface area contributed by atoms with Crippen LogP contribution in [0.4, 0.5) is 0 Å². The van der Waals surface area contributed by atoms with Crippen LogP contribution in [0.2, 0.25) is 0 Å². The van der Waals surface area contributed by atoms with Gasteiger partial charge in [0.05, 0.1) is 31.7 Å². The topological polar surface area (TPSA) is 121 Å². The molecule has 0 aromatic heterocycles. The standard InChI is InChI=1S/C32H68N2O6S2.2Na/c1-3-5-7-9-11-13-15-17-19-21-25-33(29-31-41(35,36)37)27-23-24-28-34(30-32-42(38,39)40)26-22-20-18-16-14-12-10-8-6-4-2;;/h3-32H2,1-2H3,(H,35,36,37)(H,38,39,40);;/q;2*+1/p-2. The second-order valence-electron chi connectivity index (χ2n) is 12.3. The molecular formula is C32H66N2Na2O6S2. The summed E-state index contributed by atoms with van der Waals surface area (Å²) in [7, 11) is -8.50. The maximum atomic E-state index is 11.2. The number of unbranched alkanes of at least 4 members (excludes halogenated alkanes) is 19. The molecule has 0 atom stereocenters. The van der Waals surface area contributed by atoms with Crippen molar-refractivity contribution in [3.05, 3.63) is 0 Å². The Kier molecular flexibility index (Phi) is 39.4. The molecule has 0 aliphatic rings. The third kappa shape index (κ3) is 39.9. The molecule has 44 heavy (non-hydrogen) atoms. The molecule has 0 unspecified atom stereocenters. The Morgan fingerprint density at radius 3 is 0.795 bits per heavy atom. The predicted molar refractivity (Wildman–Crippen MR) is 175 cm³/mol. The van der Waals surface area contributed by atoms with E-state index in [4.69, 9.17) is 0 Å². The largest absolute Gasteiger partial charge is 1.00 e. The van der Waals surface area contributed by atoms with Crippen LogP contribution in [0.3, 0.4) is 0 Å². The van der Waals surface area contributed by atoms with Crippen molar-refractivity contribution in [1.29, 1.82) is 0 Å². The first-order valence-corrected chi connectivity index (χ1v) is 20.5. The zero-order valence-electron chi connectivity index (χ0n) is 29.4. The molecule has 0 bridgehead atoms. The van der Waals surface area contributed by atoms with Crippen molar-refractivity contribution < 1.29 is 85.1 Å². The summed E-state index contributed by atoms with van der Waals surface area (Å²) in [6, 6.07) is 0. The van der Waals surface area contributed by atoms with E-state index in [2.05, 4.69) is 23.6 Å². The first kappa shape index (κ1) is 50.1. The van der Waals surface area contributed by atoms with Crippen LogP contribution in [0.25, 0.3) is 0 Å². The Labute approximate surface area is 318 Å². The van der Waals surface area contributed by atoms with Crippen molar-refractivity contribution in [1.82, 2.24) is 9.80 Å². The first-order chi connectivity index (χ1) is 20.1. The van der Waals surface area contributed by atoms with Gasteiger partial charge < -0.3 is 18.9 Å². The molecule has 0 heterocycles. The van der Waals surface area contributed by atoms with Gasteiger partial charge in [-0.25, -0.2) is 16.8 Å². The normalized spacial score (nSPS) is 12.0. The van der Waals surface area contributed by atoms with Crippen molar-refractivity contribution in [2.75, 3.05) is 50.8 Å². The zero-order chi connectivity index (χ0) is 31.4. The van der Waals surface area contributed by atoms with E-state index >= 15 is 0 Å². The first-order valence-electron chi connectivity index (χ1n) is 17.4. The van der Waals surface area contributed by atoms with Gasteiger partial charge in [-0.1, -0.05) is 129 Å². The van der Waals surface area contributed by atoms with E-state index in [9.17, 15) is 25.9 Å². The van der Waals surface area contributed by atoms with Crippen molar-refractivity contribution in [3.8, 4) is 0 Å². The number of hydrogen-bond donors (Lipinski definition) is 0. The predicted octanol–water partition coefficient (Wildman–Crippen LogP) is 1.31. The quantitative estimate of drug-likeness (QED) is 0.0577. The molecular weight excluding hydrogens is 618 g/mol. The van der Waals surface area contributed by atoms with E-state index < -0.39 is 20.2 Å². The van der Waals surface area contributed by atoms with Crippen LogP contribution < -0.4 is 59.1 Å². The molecule has 0 amide bonds. The monoisotopic (exact) mass is 684 g/mol. The summed E-state index contributed by atoms with van der Waals surface area (Å²) >= 11 is 0. The van der Waals surface area contributed by atoms with Gasteiger partial charge in [-0.3, -0.25) is 0 Å². The second kappa shape index (κ2) is 34.6. The molecule has 0 fully saturated rings. The van der Waals surface area contributed by atoms with E-state index in [1.165, 1.54) is 103 Å². The molecule has 0 N–H and O–H groups in total. The SMILES string of the molecule is CCCCCCCCCCCCN(CCCCN(CCCCCCCCCCCC)CCS(=O)(=O)[O-])CCS(=O)(=O)[O-].[Na+].[Na+]. The summed E-state index contributed by atoms with van der Waals surface area (Å²) in [6.45, 7) is 8.02. The van der Waals surface area contributed by atoms with Gasteiger partial charge in [0.2, 0.25) is 0 Å². The number of rotatable bonds is 33.